The van der Waals surface area contributed by atoms with E-state index in [0.717, 1.165) is 31.6 Å². The Kier molecular flexibility index (Phi) is 4.53. The molecule has 2 aromatic rings. The molecule has 2 N–H and O–H groups in total. The van der Waals surface area contributed by atoms with Gasteiger partial charge >= 0.3 is 0 Å². The number of nitrogens with zero attached hydrogens (tertiary/aromatic N) is 2. The minimum absolute atomic E-state index is 0.221. The van der Waals surface area contributed by atoms with E-state index in [9.17, 15) is 0 Å². The summed E-state index contributed by atoms with van der Waals surface area (Å²) in [6.07, 6.45) is 2.41. The molecule has 1 aromatic heterocycles. The van der Waals surface area contributed by atoms with Crippen LogP contribution in [0.25, 0.3) is 0 Å². The van der Waals surface area contributed by atoms with Crippen molar-refractivity contribution in [3.8, 4) is 0 Å². The first-order valence-electron chi connectivity index (χ1n) is 7.13. The van der Waals surface area contributed by atoms with E-state index < -0.39 is 0 Å². The first-order chi connectivity index (χ1) is 10.2. The molecule has 0 unspecified atom stereocenters. The standard InChI is InChI=1S/C15H18ClN3O2/c16-12-4-2-1-3-11(12)9-13-18-15(21-19-13)14(17)10-5-7-20-8-6-10/h1-4,10,14H,5-9,17H2/t14-/m0/s1. The Morgan fingerprint density at radius 1 is 1.29 bits per heavy atom. The number of hydrogen-bond acceptors (Lipinski definition) is 5. The van der Waals surface area contributed by atoms with Gasteiger partial charge in [0.1, 0.15) is 0 Å². The van der Waals surface area contributed by atoms with E-state index in [4.69, 9.17) is 26.6 Å². The summed E-state index contributed by atoms with van der Waals surface area (Å²) in [5.74, 6) is 1.46. The maximum Gasteiger partial charge on any atom is 0.243 e. The van der Waals surface area contributed by atoms with Crippen molar-refractivity contribution in [2.75, 3.05) is 13.2 Å². The predicted molar refractivity (Wildman–Crippen MR) is 79.0 cm³/mol. The molecule has 0 amide bonds. The molecule has 1 aliphatic rings. The molecule has 0 aliphatic carbocycles. The maximum atomic E-state index is 6.23. The lowest BCUT2D eigenvalue weighted by molar-refractivity contribution is 0.0546. The summed E-state index contributed by atoms with van der Waals surface area (Å²) in [5, 5.41) is 4.72. The molecule has 0 bridgehead atoms. The predicted octanol–water partition coefficient (Wildman–Crippen LogP) is 2.74. The van der Waals surface area contributed by atoms with E-state index >= 15 is 0 Å². The van der Waals surface area contributed by atoms with E-state index in [-0.39, 0.29) is 6.04 Å². The van der Waals surface area contributed by atoms with Gasteiger partial charge in [-0.15, -0.1) is 0 Å². The lowest BCUT2D eigenvalue weighted by atomic mass is 9.92. The molecule has 0 saturated carbocycles. The first kappa shape index (κ1) is 14.5. The minimum atomic E-state index is -0.221. The van der Waals surface area contributed by atoms with E-state index in [1.165, 1.54) is 0 Å². The monoisotopic (exact) mass is 307 g/mol. The van der Waals surface area contributed by atoms with Gasteiger partial charge in [0, 0.05) is 24.7 Å². The van der Waals surface area contributed by atoms with Crippen LogP contribution >= 0.6 is 11.6 Å². The van der Waals surface area contributed by atoms with Crippen molar-refractivity contribution >= 4 is 11.6 Å². The fourth-order valence-corrected chi connectivity index (χ4v) is 2.77. The minimum Gasteiger partial charge on any atom is -0.381 e. The van der Waals surface area contributed by atoms with Gasteiger partial charge in [-0.3, -0.25) is 0 Å². The van der Waals surface area contributed by atoms with Crippen LogP contribution in [0.3, 0.4) is 0 Å². The lowest BCUT2D eigenvalue weighted by Gasteiger charge is -2.25. The number of nitrogens with two attached hydrogens (primary N) is 1. The molecule has 0 spiro atoms. The number of hydrogen-bond donors (Lipinski definition) is 1. The van der Waals surface area contributed by atoms with Crippen LogP contribution in [-0.4, -0.2) is 23.4 Å². The number of benzene rings is 1. The molecule has 1 saturated heterocycles. The Labute approximate surface area is 128 Å². The number of ether oxygens (including phenoxy) is 1. The molecule has 2 heterocycles. The van der Waals surface area contributed by atoms with Crippen molar-refractivity contribution < 1.29 is 9.26 Å². The van der Waals surface area contributed by atoms with Crippen molar-refractivity contribution in [3.05, 3.63) is 46.6 Å². The molecule has 5 nitrogen and oxygen atoms in total. The zero-order chi connectivity index (χ0) is 14.7. The van der Waals surface area contributed by atoms with Crippen LogP contribution in [0.1, 0.15) is 36.2 Å². The second kappa shape index (κ2) is 6.56. The third-order valence-electron chi connectivity index (χ3n) is 3.85. The summed E-state index contributed by atoms with van der Waals surface area (Å²) >= 11 is 6.14. The van der Waals surface area contributed by atoms with Gasteiger partial charge in [0.25, 0.3) is 0 Å². The Balaban J connectivity index is 1.69. The highest BCUT2D eigenvalue weighted by atomic mass is 35.5. The van der Waals surface area contributed by atoms with Crippen LogP contribution in [-0.2, 0) is 11.2 Å². The normalized spacial score (nSPS) is 17.8. The van der Waals surface area contributed by atoms with Crippen LogP contribution in [0.15, 0.2) is 28.8 Å². The smallest absolute Gasteiger partial charge is 0.243 e. The van der Waals surface area contributed by atoms with Crippen LogP contribution in [0.4, 0.5) is 0 Å². The zero-order valence-corrected chi connectivity index (χ0v) is 12.4. The summed E-state index contributed by atoms with van der Waals surface area (Å²) < 4.78 is 10.7. The van der Waals surface area contributed by atoms with E-state index in [1.54, 1.807) is 0 Å². The fraction of sp³-hybridized carbons (Fsp3) is 0.467. The molecule has 0 radical (unpaired) electrons. The highest BCUT2D eigenvalue weighted by molar-refractivity contribution is 6.31. The second-order valence-electron chi connectivity index (χ2n) is 5.29. The van der Waals surface area contributed by atoms with Gasteiger partial charge in [0.15, 0.2) is 5.82 Å². The number of aromatic nitrogens is 2. The van der Waals surface area contributed by atoms with E-state index in [2.05, 4.69) is 10.1 Å². The lowest BCUT2D eigenvalue weighted by Crippen LogP contribution is -2.27. The van der Waals surface area contributed by atoms with Crippen molar-refractivity contribution in [3.63, 3.8) is 0 Å². The number of rotatable bonds is 4. The Bertz CT molecular complexity index is 596. The molecule has 1 atom stereocenters. The van der Waals surface area contributed by atoms with E-state index in [1.807, 2.05) is 24.3 Å². The summed E-state index contributed by atoms with van der Waals surface area (Å²) in [6, 6.07) is 7.42. The van der Waals surface area contributed by atoms with E-state index in [0.29, 0.717) is 29.1 Å². The van der Waals surface area contributed by atoms with Gasteiger partial charge in [-0.25, -0.2) is 0 Å². The molecular weight excluding hydrogens is 290 g/mol. The van der Waals surface area contributed by atoms with Crippen LogP contribution < -0.4 is 5.73 Å². The third kappa shape index (κ3) is 3.43. The molecule has 21 heavy (non-hydrogen) atoms. The molecule has 1 fully saturated rings. The molecule has 6 heteroatoms. The molecule has 1 aliphatic heterocycles. The second-order valence-corrected chi connectivity index (χ2v) is 5.70. The van der Waals surface area contributed by atoms with Crippen LogP contribution in [0, 0.1) is 5.92 Å². The molecule has 3 rings (SSSR count). The highest BCUT2D eigenvalue weighted by Crippen LogP contribution is 2.27. The van der Waals surface area contributed by atoms with Gasteiger partial charge in [-0.1, -0.05) is 35.0 Å². The number of halogens is 1. The van der Waals surface area contributed by atoms with Crippen LogP contribution in [0.2, 0.25) is 5.02 Å². The Morgan fingerprint density at radius 2 is 2.05 bits per heavy atom. The van der Waals surface area contributed by atoms with Gasteiger partial charge < -0.3 is 15.0 Å². The highest BCUT2D eigenvalue weighted by Gasteiger charge is 2.26. The van der Waals surface area contributed by atoms with Crippen molar-refractivity contribution in [1.82, 2.24) is 10.1 Å². The van der Waals surface area contributed by atoms with Gasteiger partial charge in [-0.2, -0.15) is 4.98 Å². The van der Waals surface area contributed by atoms with Gasteiger partial charge in [0.05, 0.1) is 6.04 Å². The van der Waals surface area contributed by atoms with Gasteiger partial charge in [0.2, 0.25) is 5.89 Å². The van der Waals surface area contributed by atoms with Crippen molar-refractivity contribution in [2.45, 2.75) is 25.3 Å². The zero-order valence-electron chi connectivity index (χ0n) is 11.7. The fourth-order valence-electron chi connectivity index (χ4n) is 2.56. The maximum absolute atomic E-state index is 6.23. The Morgan fingerprint density at radius 3 is 2.81 bits per heavy atom. The summed E-state index contributed by atoms with van der Waals surface area (Å²) in [6.45, 7) is 1.50. The first-order valence-corrected chi connectivity index (χ1v) is 7.51. The average Bonchev–Trinajstić information content (AvgIpc) is 2.98. The summed E-state index contributed by atoms with van der Waals surface area (Å²) in [4.78, 5) is 4.42. The average molecular weight is 308 g/mol. The quantitative estimate of drug-likeness (QED) is 0.940. The molecule has 112 valence electrons. The SMILES string of the molecule is N[C@H](c1nc(Cc2ccccc2Cl)no1)C1CCOCC1. The topological polar surface area (TPSA) is 74.2 Å². The Hall–Kier alpha value is -1.43. The third-order valence-corrected chi connectivity index (χ3v) is 4.22. The van der Waals surface area contributed by atoms with Crippen LogP contribution in [0.5, 0.6) is 0 Å². The largest absolute Gasteiger partial charge is 0.381 e. The molecule has 1 aromatic carbocycles. The summed E-state index contributed by atoms with van der Waals surface area (Å²) in [5.41, 5.74) is 7.21. The van der Waals surface area contributed by atoms with Crippen molar-refractivity contribution in [1.29, 1.82) is 0 Å². The van der Waals surface area contributed by atoms with Gasteiger partial charge in [-0.05, 0) is 30.4 Å². The summed E-state index contributed by atoms with van der Waals surface area (Å²) in [7, 11) is 0. The molecular formula is C15H18ClN3O2. The van der Waals surface area contributed by atoms with Crippen molar-refractivity contribution in [2.24, 2.45) is 11.7 Å².